The van der Waals surface area contributed by atoms with Crippen molar-refractivity contribution in [2.75, 3.05) is 18.6 Å². The topological polar surface area (TPSA) is 199 Å². The van der Waals surface area contributed by atoms with Gasteiger partial charge in [0.15, 0.2) is 23.6 Å². The Hall–Kier alpha value is -4.44. The van der Waals surface area contributed by atoms with E-state index in [1.807, 2.05) is 11.5 Å². The number of nitrogens with zero attached hydrogens (tertiary/aromatic N) is 5. The number of β-lactam (4-membered cyclic amide) rings is 1. The number of carbonyl (C=O) groups excluding carboxylic acids is 3. The van der Waals surface area contributed by atoms with Crippen LogP contribution in [0.5, 0.6) is 0 Å². The quantitative estimate of drug-likeness (QED) is 0.119. The average molecular weight is 572 g/mol. The molecule has 16 heteroatoms. The van der Waals surface area contributed by atoms with Gasteiger partial charge in [0.1, 0.15) is 41.1 Å². The average Bonchev–Trinajstić information content (AvgIpc) is 3.53. The van der Waals surface area contributed by atoms with Crippen LogP contribution in [0.3, 0.4) is 0 Å². The fourth-order valence-corrected chi connectivity index (χ4v) is 6.48. The molecule has 2 atom stereocenters. The summed E-state index contributed by atoms with van der Waals surface area (Å²) in [5.41, 5.74) is 13.4. The zero-order valence-electron chi connectivity index (χ0n) is 20.7. The fraction of sp³-hybridized carbons (Fsp3) is 0.261. The molecule has 0 aliphatic carbocycles. The van der Waals surface area contributed by atoms with E-state index in [4.69, 9.17) is 16.3 Å². The van der Waals surface area contributed by atoms with Crippen LogP contribution in [0, 0.1) is 6.92 Å². The Kier molecular flexibility index (Phi) is 6.73. The first-order chi connectivity index (χ1) is 18.6. The number of amides is 3. The van der Waals surface area contributed by atoms with Crippen molar-refractivity contribution in [3.63, 3.8) is 0 Å². The molecule has 39 heavy (non-hydrogen) atoms. The molecule has 6 N–H and O–H groups in total. The van der Waals surface area contributed by atoms with E-state index in [0.717, 1.165) is 22.5 Å². The molecule has 0 radical (unpaired) electrons. The number of oxime groups is 1. The summed E-state index contributed by atoms with van der Waals surface area (Å²) < 4.78 is 3.51. The predicted molar refractivity (Wildman–Crippen MR) is 141 cm³/mol. The molecule has 0 saturated carbocycles. The van der Waals surface area contributed by atoms with Gasteiger partial charge in [0.25, 0.3) is 17.7 Å². The van der Waals surface area contributed by atoms with Crippen LogP contribution in [0.1, 0.15) is 21.9 Å². The Balaban J connectivity index is 1.38. The number of thiazole rings is 1. The lowest BCUT2D eigenvalue weighted by molar-refractivity contribution is -0.694. The number of carboxylic acids is 1. The lowest BCUT2D eigenvalue weighted by Crippen LogP contribution is -2.71. The molecule has 3 aromatic heterocycles. The summed E-state index contributed by atoms with van der Waals surface area (Å²) in [6.45, 7) is 2.05. The Morgan fingerprint density at radius 3 is 2.77 bits per heavy atom. The number of carboxylic acid groups (broad SMARTS) is 1. The lowest BCUT2D eigenvalue weighted by atomic mass is 10.0. The van der Waals surface area contributed by atoms with Gasteiger partial charge in [-0.3, -0.25) is 19.3 Å². The molecular formula is C23H23N8O6S2+. The summed E-state index contributed by atoms with van der Waals surface area (Å²) >= 11 is 2.46. The predicted octanol–water partition coefficient (Wildman–Crippen LogP) is -0.538. The summed E-state index contributed by atoms with van der Waals surface area (Å²) in [6, 6.07) is 2.42. The Morgan fingerprint density at radius 2 is 2.13 bits per heavy atom. The van der Waals surface area contributed by atoms with Crippen LogP contribution in [-0.4, -0.2) is 73.1 Å². The molecular weight excluding hydrogens is 548 g/mol. The first-order valence-electron chi connectivity index (χ1n) is 11.5. The molecule has 5 rings (SSSR count). The second-order valence-electron chi connectivity index (χ2n) is 8.66. The minimum atomic E-state index is -1.24. The molecule has 3 amide bonds. The molecule has 3 aromatic rings. The van der Waals surface area contributed by atoms with Gasteiger partial charge in [0.05, 0.1) is 6.20 Å². The normalized spacial score (nSPS) is 19.1. The van der Waals surface area contributed by atoms with Crippen molar-refractivity contribution in [2.45, 2.75) is 24.9 Å². The number of nitrogen functional groups attached to an aromatic ring is 1. The number of anilines is 1. The Morgan fingerprint density at radius 1 is 1.36 bits per heavy atom. The van der Waals surface area contributed by atoms with E-state index < -0.39 is 35.1 Å². The highest BCUT2D eigenvalue weighted by molar-refractivity contribution is 8.00. The smallest absolute Gasteiger partial charge is 0.352 e. The number of aliphatic carboxylic acids is 1. The van der Waals surface area contributed by atoms with E-state index >= 15 is 0 Å². The molecule has 5 heterocycles. The number of aryl methyl sites for hydroxylation is 1. The maximum atomic E-state index is 13.1. The summed E-state index contributed by atoms with van der Waals surface area (Å²) in [4.78, 5) is 60.0. The Bertz CT molecular complexity index is 1610. The van der Waals surface area contributed by atoms with E-state index in [0.29, 0.717) is 17.0 Å². The molecule has 1 saturated heterocycles. The number of nitrogens with one attached hydrogen (secondary N) is 1. The number of rotatable bonds is 8. The van der Waals surface area contributed by atoms with Crippen LogP contribution in [0.2, 0.25) is 0 Å². The van der Waals surface area contributed by atoms with Gasteiger partial charge in [-0.15, -0.1) is 23.1 Å². The number of nitrogens with two attached hydrogens (primary N) is 2. The van der Waals surface area contributed by atoms with Crippen LogP contribution in [0.25, 0.3) is 5.52 Å². The SMILES string of the molecule is CON=C(C(=O)N[C@@H]1C(=O)N2C(C(=O)O)=C(C[n+]3ccn4c(C(N)=O)ccc4c3C)CS[C@@H]12)c1csc(N)n1. The number of carbonyl (C=O) groups is 4. The number of hydrogen-bond acceptors (Lipinski definition) is 10. The van der Waals surface area contributed by atoms with E-state index in [2.05, 4.69) is 15.5 Å². The van der Waals surface area contributed by atoms with Crippen molar-refractivity contribution in [3.8, 4) is 0 Å². The van der Waals surface area contributed by atoms with Gasteiger partial charge in [0.2, 0.25) is 5.69 Å². The van der Waals surface area contributed by atoms with Crippen LogP contribution in [0.4, 0.5) is 5.13 Å². The summed E-state index contributed by atoms with van der Waals surface area (Å²) in [5.74, 6) is -2.75. The lowest BCUT2D eigenvalue weighted by Gasteiger charge is -2.49. The van der Waals surface area contributed by atoms with Crippen LogP contribution < -0.4 is 21.4 Å². The zero-order chi connectivity index (χ0) is 28.0. The van der Waals surface area contributed by atoms with Gasteiger partial charge in [0, 0.05) is 23.6 Å². The molecule has 2 aliphatic heterocycles. The molecule has 0 aromatic carbocycles. The molecule has 2 aliphatic rings. The second kappa shape index (κ2) is 10.0. The van der Waals surface area contributed by atoms with Crippen molar-refractivity contribution < 1.29 is 33.7 Å². The van der Waals surface area contributed by atoms with Gasteiger partial charge >= 0.3 is 5.97 Å². The summed E-state index contributed by atoms with van der Waals surface area (Å²) in [7, 11) is 1.27. The minimum Gasteiger partial charge on any atom is -0.477 e. The van der Waals surface area contributed by atoms with Gasteiger partial charge in [-0.1, -0.05) is 5.16 Å². The summed E-state index contributed by atoms with van der Waals surface area (Å²) in [6.07, 6.45) is 3.40. The van der Waals surface area contributed by atoms with Gasteiger partial charge < -0.3 is 31.1 Å². The van der Waals surface area contributed by atoms with Crippen LogP contribution >= 0.6 is 23.1 Å². The van der Waals surface area contributed by atoms with Crippen LogP contribution in [-0.2, 0) is 25.8 Å². The van der Waals surface area contributed by atoms with E-state index in [1.54, 1.807) is 28.9 Å². The highest BCUT2D eigenvalue weighted by atomic mass is 32.2. The third-order valence-electron chi connectivity index (χ3n) is 6.43. The number of aromatic nitrogens is 3. The number of primary amides is 1. The van der Waals surface area contributed by atoms with E-state index in [1.165, 1.54) is 29.2 Å². The molecule has 1 fully saturated rings. The second-order valence-corrected chi connectivity index (χ2v) is 10.7. The van der Waals surface area contributed by atoms with E-state index in [9.17, 15) is 24.3 Å². The molecule has 0 spiro atoms. The molecule has 202 valence electrons. The summed E-state index contributed by atoms with van der Waals surface area (Å²) in [5, 5.41) is 17.5. The number of hydrogen-bond donors (Lipinski definition) is 4. The first kappa shape index (κ1) is 26.2. The largest absolute Gasteiger partial charge is 0.477 e. The van der Waals surface area contributed by atoms with Crippen molar-refractivity contribution >= 4 is 63.1 Å². The monoisotopic (exact) mass is 571 g/mol. The molecule has 0 bridgehead atoms. The van der Waals surface area contributed by atoms with Crippen molar-refractivity contribution in [1.29, 1.82) is 0 Å². The van der Waals surface area contributed by atoms with Gasteiger partial charge in [-0.2, -0.15) is 4.57 Å². The van der Waals surface area contributed by atoms with Gasteiger partial charge in [-0.05, 0) is 12.1 Å². The Labute approximate surface area is 228 Å². The van der Waals surface area contributed by atoms with Crippen molar-refractivity contribution in [3.05, 3.63) is 58.3 Å². The molecule has 0 unspecified atom stereocenters. The number of thioether (sulfide) groups is 1. The van der Waals surface area contributed by atoms with Crippen LogP contribution in [0.15, 0.2) is 46.3 Å². The molecule has 14 nitrogen and oxygen atoms in total. The standard InChI is InChI=1S/C23H22N8O6S2/c1-10-13-3-4-14(18(24)32)30(13)6-5-29(10)7-11-8-38-21-16(20(34)31(21)17(11)22(35)36)27-19(33)15(28-37-2)12-9-39-23(25)26-12/h3-6,9,16,21H,7-8H2,1-2H3,(H5-,24,25,26,27,32,33,35,36)/p+1/t16-,21+/m1/s1. The third kappa shape index (κ3) is 4.46. The maximum Gasteiger partial charge on any atom is 0.352 e. The fourth-order valence-electron chi connectivity index (χ4n) is 4.59. The van der Waals surface area contributed by atoms with Gasteiger partial charge in [-0.25, -0.2) is 9.78 Å². The highest BCUT2D eigenvalue weighted by Crippen LogP contribution is 2.40. The van der Waals surface area contributed by atoms with E-state index in [-0.39, 0.29) is 28.8 Å². The van der Waals surface area contributed by atoms with Crippen molar-refractivity contribution in [2.24, 2.45) is 10.9 Å². The maximum absolute atomic E-state index is 13.1. The first-order valence-corrected chi connectivity index (χ1v) is 13.4. The van der Waals surface area contributed by atoms with Crippen molar-refractivity contribution in [1.82, 2.24) is 19.6 Å². The third-order valence-corrected chi connectivity index (χ3v) is 8.44. The highest BCUT2D eigenvalue weighted by Gasteiger charge is 2.55. The number of fused-ring (bicyclic) bond motifs is 2. The minimum absolute atomic E-state index is 0.118. The zero-order valence-corrected chi connectivity index (χ0v) is 22.3.